The first-order chi connectivity index (χ1) is 17.6. The molecule has 0 saturated carbocycles. The van der Waals surface area contributed by atoms with Gasteiger partial charge in [0.1, 0.15) is 0 Å². The van der Waals surface area contributed by atoms with Crippen molar-refractivity contribution in [2.24, 2.45) is 10.4 Å². The summed E-state index contributed by atoms with van der Waals surface area (Å²) in [7, 11) is 0. The molecule has 2 unspecified atom stereocenters. The Morgan fingerprint density at radius 2 is 0.556 bits per heavy atom. The largest absolute Gasteiger partial charge is 0.151 e. The van der Waals surface area contributed by atoms with Crippen molar-refractivity contribution in [2.75, 3.05) is 0 Å². The van der Waals surface area contributed by atoms with Gasteiger partial charge in [-0.15, -0.1) is 0 Å². The molecule has 216 valence electrons. The Kier molecular flexibility index (Phi) is 35.5. The summed E-state index contributed by atoms with van der Waals surface area (Å²) in [6, 6.07) is 0.0428. The van der Waals surface area contributed by atoms with E-state index in [0.717, 1.165) is 12.8 Å². The van der Waals surface area contributed by atoms with Crippen LogP contribution < -0.4 is 0 Å². The molecule has 0 aliphatic heterocycles. The monoisotopic (exact) mass is 511 g/mol. The SMILES string of the molecule is CCCCCCCCCCCCCC(C)N=O.CCCCCCCCCCCCCCCC(C)N=O. The molecule has 0 radical (unpaired) electrons. The highest BCUT2D eigenvalue weighted by Crippen LogP contribution is 2.14. The summed E-state index contributed by atoms with van der Waals surface area (Å²) in [6.45, 7) is 8.36. The maximum atomic E-state index is 10.2. The molecular formula is C32H66N2O2. The number of nitroso groups, excluding NO2 is 2. The molecule has 0 aliphatic rings. The molecule has 0 N–H and O–H groups in total. The predicted octanol–water partition coefficient (Wildman–Crippen LogP) is 12.5. The van der Waals surface area contributed by atoms with Gasteiger partial charge in [-0.25, -0.2) is 0 Å². The van der Waals surface area contributed by atoms with E-state index in [-0.39, 0.29) is 12.1 Å². The van der Waals surface area contributed by atoms with Crippen molar-refractivity contribution < 1.29 is 0 Å². The minimum atomic E-state index is 0.0210. The lowest BCUT2D eigenvalue weighted by Crippen LogP contribution is -1.95. The maximum absolute atomic E-state index is 10.2. The van der Waals surface area contributed by atoms with Crippen molar-refractivity contribution >= 4 is 0 Å². The Hall–Kier alpha value is -0.800. The first-order valence-corrected chi connectivity index (χ1v) is 16.3. The van der Waals surface area contributed by atoms with Gasteiger partial charge in [-0.05, 0) is 26.7 Å². The van der Waals surface area contributed by atoms with Gasteiger partial charge in [0.05, 0.1) is 12.1 Å². The highest BCUT2D eigenvalue weighted by atomic mass is 16.3. The molecule has 0 aromatic rings. The summed E-state index contributed by atoms with van der Waals surface area (Å²) >= 11 is 0. The molecule has 0 saturated heterocycles. The summed E-state index contributed by atoms with van der Waals surface area (Å²) in [4.78, 5) is 20.4. The fraction of sp³-hybridized carbons (Fsp3) is 1.00. The molecule has 4 nitrogen and oxygen atoms in total. The fourth-order valence-electron chi connectivity index (χ4n) is 4.67. The standard InChI is InChI=1S/C17H35NO.C15H31NO/c1-3-4-5-6-7-8-9-10-11-12-13-14-15-16-17(2)18-19;1-3-4-5-6-7-8-9-10-11-12-13-14-15(2)16-17/h17H,3-16H2,1-2H3;15H,3-14H2,1-2H3. The number of nitrogens with zero attached hydrogens (tertiary/aromatic N) is 2. The van der Waals surface area contributed by atoms with Crippen molar-refractivity contribution in [3.8, 4) is 0 Å². The van der Waals surface area contributed by atoms with Crippen LogP contribution in [0.2, 0.25) is 0 Å². The summed E-state index contributed by atoms with van der Waals surface area (Å²) in [5.41, 5.74) is 0. The predicted molar refractivity (Wildman–Crippen MR) is 162 cm³/mol. The van der Waals surface area contributed by atoms with Gasteiger partial charge in [-0.2, -0.15) is 9.81 Å². The molecule has 0 heterocycles. The Morgan fingerprint density at radius 3 is 0.750 bits per heavy atom. The molecule has 2 atom stereocenters. The number of rotatable bonds is 28. The number of hydrogen-bond acceptors (Lipinski definition) is 4. The van der Waals surface area contributed by atoms with Crippen LogP contribution in [0.25, 0.3) is 0 Å². The van der Waals surface area contributed by atoms with Gasteiger partial charge in [-0.1, -0.05) is 178 Å². The van der Waals surface area contributed by atoms with Crippen LogP contribution in [0.15, 0.2) is 10.4 Å². The fourth-order valence-corrected chi connectivity index (χ4v) is 4.67. The quantitative estimate of drug-likeness (QED) is 0.0775. The van der Waals surface area contributed by atoms with Crippen molar-refractivity contribution in [2.45, 2.75) is 207 Å². The van der Waals surface area contributed by atoms with Crippen LogP contribution in [0.5, 0.6) is 0 Å². The van der Waals surface area contributed by atoms with E-state index in [2.05, 4.69) is 24.2 Å². The Balaban J connectivity index is 0. The van der Waals surface area contributed by atoms with Gasteiger partial charge in [0.25, 0.3) is 0 Å². The average Bonchev–Trinajstić information content (AvgIpc) is 2.89. The number of hydrogen-bond donors (Lipinski definition) is 0. The van der Waals surface area contributed by atoms with Gasteiger partial charge in [0, 0.05) is 0 Å². The van der Waals surface area contributed by atoms with Gasteiger partial charge in [0.15, 0.2) is 0 Å². The van der Waals surface area contributed by atoms with Crippen molar-refractivity contribution in [1.82, 2.24) is 0 Å². The summed E-state index contributed by atoms with van der Waals surface area (Å²) in [5, 5.41) is 6.05. The van der Waals surface area contributed by atoms with Crippen LogP contribution in [0.3, 0.4) is 0 Å². The molecule has 4 heteroatoms. The lowest BCUT2D eigenvalue weighted by Gasteiger charge is -2.04. The summed E-state index contributed by atoms with van der Waals surface area (Å²) < 4.78 is 0. The average molecular weight is 511 g/mol. The van der Waals surface area contributed by atoms with E-state index in [0.29, 0.717) is 0 Å². The van der Waals surface area contributed by atoms with E-state index in [1.54, 1.807) is 0 Å². The molecule has 0 fully saturated rings. The van der Waals surface area contributed by atoms with Crippen LogP contribution >= 0.6 is 0 Å². The maximum Gasteiger partial charge on any atom is 0.0891 e. The molecule has 36 heavy (non-hydrogen) atoms. The highest BCUT2D eigenvalue weighted by Gasteiger charge is 2.00. The Bertz CT molecular complexity index is 417. The first kappa shape index (κ1) is 37.4. The molecule has 0 spiro atoms. The van der Waals surface area contributed by atoms with Crippen LogP contribution in [0, 0.1) is 9.81 Å². The minimum Gasteiger partial charge on any atom is -0.151 e. The third kappa shape index (κ3) is 35.4. The molecule has 0 bridgehead atoms. The molecule has 0 aliphatic carbocycles. The molecule has 0 amide bonds. The topological polar surface area (TPSA) is 58.9 Å². The van der Waals surface area contributed by atoms with E-state index in [1.165, 1.54) is 154 Å². The van der Waals surface area contributed by atoms with Gasteiger partial charge >= 0.3 is 0 Å². The molecule has 0 aromatic heterocycles. The zero-order valence-corrected chi connectivity index (χ0v) is 25.3. The molecular weight excluding hydrogens is 444 g/mol. The zero-order valence-electron chi connectivity index (χ0n) is 25.3. The second kappa shape index (κ2) is 34.2. The summed E-state index contributed by atoms with van der Waals surface area (Å²) in [5.74, 6) is 0. The van der Waals surface area contributed by atoms with Crippen LogP contribution in [0.1, 0.15) is 195 Å². The van der Waals surface area contributed by atoms with E-state index < -0.39 is 0 Å². The van der Waals surface area contributed by atoms with Gasteiger partial charge in [-0.3, -0.25) is 0 Å². The molecule has 0 rings (SSSR count). The van der Waals surface area contributed by atoms with Crippen molar-refractivity contribution in [3.05, 3.63) is 9.81 Å². The van der Waals surface area contributed by atoms with Crippen molar-refractivity contribution in [1.29, 1.82) is 0 Å². The Morgan fingerprint density at radius 1 is 0.361 bits per heavy atom. The van der Waals surface area contributed by atoms with Crippen LogP contribution in [-0.4, -0.2) is 12.1 Å². The Labute approximate surface area is 226 Å². The lowest BCUT2D eigenvalue weighted by atomic mass is 10.0. The number of unbranched alkanes of at least 4 members (excludes halogenated alkanes) is 22. The van der Waals surface area contributed by atoms with Crippen LogP contribution in [0.4, 0.5) is 0 Å². The van der Waals surface area contributed by atoms with Gasteiger partial charge < -0.3 is 0 Å². The van der Waals surface area contributed by atoms with Crippen LogP contribution in [-0.2, 0) is 0 Å². The first-order valence-electron chi connectivity index (χ1n) is 16.3. The second-order valence-electron chi connectivity index (χ2n) is 11.3. The van der Waals surface area contributed by atoms with E-state index in [9.17, 15) is 9.81 Å². The summed E-state index contributed by atoms with van der Waals surface area (Å²) in [6.07, 6.45) is 34.8. The van der Waals surface area contributed by atoms with E-state index in [1.807, 2.05) is 13.8 Å². The smallest absolute Gasteiger partial charge is 0.0891 e. The van der Waals surface area contributed by atoms with Crippen molar-refractivity contribution in [3.63, 3.8) is 0 Å². The third-order valence-electron chi connectivity index (χ3n) is 7.31. The van der Waals surface area contributed by atoms with E-state index >= 15 is 0 Å². The lowest BCUT2D eigenvalue weighted by molar-refractivity contribution is 0.525. The minimum absolute atomic E-state index is 0.0210. The normalized spacial score (nSPS) is 12.6. The molecule has 0 aromatic carbocycles. The van der Waals surface area contributed by atoms with E-state index in [4.69, 9.17) is 0 Å². The third-order valence-corrected chi connectivity index (χ3v) is 7.31. The van der Waals surface area contributed by atoms with Gasteiger partial charge in [0.2, 0.25) is 0 Å². The second-order valence-corrected chi connectivity index (χ2v) is 11.3. The highest BCUT2D eigenvalue weighted by molar-refractivity contribution is 4.59. The zero-order chi connectivity index (χ0) is 27.0.